The van der Waals surface area contributed by atoms with Crippen molar-refractivity contribution in [3.8, 4) is 17.0 Å². The lowest BCUT2D eigenvalue weighted by atomic mass is 9.79. The molecule has 0 saturated heterocycles. The number of amides is 2. The van der Waals surface area contributed by atoms with E-state index in [0.717, 1.165) is 85.7 Å². The highest BCUT2D eigenvalue weighted by Crippen LogP contribution is 2.41. The molecule has 4 aliphatic rings. The molecular weight excluding hydrogens is 582 g/mol. The summed E-state index contributed by atoms with van der Waals surface area (Å²) in [5.41, 5.74) is 3.73. The second-order valence-electron chi connectivity index (χ2n) is 13.7. The second-order valence-corrected chi connectivity index (χ2v) is 13.7. The standard InChI is InChI=1S/C36H45N5O5/c1-22-32(44-2)16-15-30(38-22)24-5-3-23(4-6-24)20-41(33-19-27(17-18-37-33)31-21-45-34(40-31)25-7-8-25)35(42)26-9-13-29(14-10-26)46-36(43)39-28-11-12-28/h15-19,21,23-26,28-29H,3-14,20H2,1-2H3,(H,39,43)/t23-,24-,26-,29-. The van der Waals surface area contributed by atoms with Crippen LogP contribution in [0.25, 0.3) is 11.3 Å². The molecular formula is C36H45N5O5. The molecule has 4 aliphatic carbocycles. The number of ether oxygens (including phenoxy) is 2. The smallest absolute Gasteiger partial charge is 0.407 e. The predicted molar refractivity (Wildman–Crippen MR) is 173 cm³/mol. The van der Waals surface area contributed by atoms with Crippen molar-refractivity contribution in [2.24, 2.45) is 11.8 Å². The van der Waals surface area contributed by atoms with Crippen LogP contribution >= 0.6 is 0 Å². The maximum atomic E-state index is 14.3. The summed E-state index contributed by atoms with van der Waals surface area (Å²) in [5.74, 6) is 3.46. The number of alkyl carbamates (subject to hydrolysis) is 1. The van der Waals surface area contributed by atoms with Crippen molar-refractivity contribution in [3.05, 3.63) is 54.0 Å². The summed E-state index contributed by atoms with van der Waals surface area (Å²) in [6.07, 6.45) is 14.2. The lowest BCUT2D eigenvalue weighted by Crippen LogP contribution is -2.42. The minimum atomic E-state index is -0.326. The number of methoxy groups -OCH3 is 1. The molecule has 7 rings (SSSR count). The van der Waals surface area contributed by atoms with Crippen molar-refractivity contribution in [1.29, 1.82) is 0 Å². The number of carbonyl (C=O) groups excluding carboxylic acids is 2. The zero-order chi connectivity index (χ0) is 31.6. The van der Waals surface area contributed by atoms with E-state index in [2.05, 4.69) is 11.4 Å². The first-order chi connectivity index (χ1) is 22.4. The average molecular weight is 628 g/mol. The Hall–Kier alpha value is -3.95. The fraction of sp³-hybridized carbons (Fsp3) is 0.583. The summed E-state index contributed by atoms with van der Waals surface area (Å²) >= 11 is 0. The molecule has 0 atom stereocenters. The Morgan fingerprint density at radius 1 is 0.935 bits per heavy atom. The van der Waals surface area contributed by atoms with E-state index >= 15 is 0 Å². The molecule has 3 heterocycles. The number of hydrogen-bond donors (Lipinski definition) is 1. The number of hydrogen-bond acceptors (Lipinski definition) is 8. The Balaban J connectivity index is 1.04. The molecule has 0 bridgehead atoms. The van der Waals surface area contributed by atoms with Gasteiger partial charge in [-0.2, -0.15) is 0 Å². The minimum Gasteiger partial charge on any atom is -0.495 e. The van der Waals surface area contributed by atoms with Gasteiger partial charge in [0.1, 0.15) is 29.6 Å². The van der Waals surface area contributed by atoms with E-state index in [4.69, 9.17) is 28.8 Å². The number of oxazole rings is 1. The van der Waals surface area contributed by atoms with Crippen LogP contribution in [0.2, 0.25) is 0 Å². The number of nitrogens with one attached hydrogen (secondary N) is 1. The fourth-order valence-electron chi connectivity index (χ4n) is 7.10. The molecule has 10 nitrogen and oxygen atoms in total. The Bertz CT molecular complexity index is 1530. The third kappa shape index (κ3) is 7.21. The maximum Gasteiger partial charge on any atom is 0.407 e. The average Bonchev–Trinajstić information content (AvgIpc) is 4.03. The van der Waals surface area contributed by atoms with Gasteiger partial charge >= 0.3 is 6.09 Å². The number of aryl methyl sites for hydroxylation is 1. The van der Waals surface area contributed by atoms with E-state index in [1.807, 2.05) is 30.0 Å². The molecule has 0 spiro atoms. The van der Waals surface area contributed by atoms with Gasteiger partial charge in [0.15, 0.2) is 5.89 Å². The van der Waals surface area contributed by atoms with Crippen LogP contribution in [0.15, 0.2) is 41.1 Å². The van der Waals surface area contributed by atoms with Crippen LogP contribution in [0, 0.1) is 18.8 Å². The molecule has 0 aromatic carbocycles. The quantitative estimate of drug-likeness (QED) is 0.253. The molecule has 244 valence electrons. The van der Waals surface area contributed by atoms with Crippen molar-refractivity contribution in [2.45, 2.75) is 108 Å². The highest BCUT2D eigenvalue weighted by atomic mass is 16.6. The molecule has 46 heavy (non-hydrogen) atoms. The van der Waals surface area contributed by atoms with E-state index < -0.39 is 0 Å². The molecule has 0 unspecified atom stereocenters. The lowest BCUT2D eigenvalue weighted by molar-refractivity contribution is -0.124. The van der Waals surface area contributed by atoms with Gasteiger partial charge in [-0.15, -0.1) is 0 Å². The highest BCUT2D eigenvalue weighted by Gasteiger charge is 2.35. The summed E-state index contributed by atoms with van der Waals surface area (Å²) < 4.78 is 16.9. The molecule has 10 heteroatoms. The van der Waals surface area contributed by atoms with Crippen LogP contribution in [0.5, 0.6) is 5.75 Å². The molecule has 1 N–H and O–H groups in total. The Labute approximate surface area is 270 Å². The first-order valence-corrected chi connectivity index (χ1v) is 17.2. The Morgan fingerprint density at radius 2 is 1.70 bits per heavy atom. The fourth-order valence-corrected chi connectivity index (χ4v) is 7.10. The minimum absolute atomic E-state index is 0.110. The summed E-state index contributed by atoms with van der Waals surface area (Å²) in [6.45, 7) is 2.62. The Morgan fingerprint density at radius 3 is 2.39 bits per heavy atom. The number of pyridine rings is 2. The van der Waals surface area contributed by atoms with Crippen LogP contribution in [0.3, 0.4) is 0 Å². The van der Waals surface area contributed by atoms with Gasteiger partial charge in [-0.05, 0) is 114 Å². The van der Waals surface area contributed by atoms with Crippen LogP contribution in [-0.4, -0.2) is 52.8 Å². The largest absolute Gasteiger partial charge is 0.495 e. The zero-order valence-electron chi connectivity index (χ0n) is 27.0. The summed E-state index contributed by atoms with van der Waals surface area (Å²) in [5, 5.41) is 2.91. The molecule has 4 fully saturated rings. The lowest BCUT2D eigenvalue weighted by Gasteiger charge is -2.35. The van der Waals surface area contributed by atoms with Gasteiger partial charge in [0.25, 0.3) is 0 Å². The first kappa shape index (κ1) is 30.7. The summed E-state index contributed by atoms with van der Waals surface area (Å²) in [4.78, 5) is 42.7. The van der Waals surface area contributed by atoms with E-state index in [0.29, 0.717) is 55.8 Å². The van der Waals surface area contributed by atoms with Gasteiger partial charge in [-0.1, -0.05) is 0 Å². The SMILES string of the molecule is COc1ccc([C@H]2CC[C@H](CN(c3cc(-c4coc(C5CC5)n4)ccn3)C(=O)[C@H]3CC[C@H](OC(=O)NC4CC4)CC3)CC2)nc1C. The summed E-state index contributed by atoms with van der Waals surface area (Å²) in [7, 11) is 1.68. The van der Waals surface area contributed by atoms with Gasteiger partial charge in [0, 0.05) is 47.8 Å². The predicted octanol–water partition coefficient (Wildman–Crippen LogP) is 7.08. The van der Waals surface area contributed by atoms with E-state index in [1.54, 1.807) is 19.6 Å². The Kier molecular flexibility index (Phi) is 8.95. The van der Waals surface area contributed by atoms with Crippen molar-refractivity contribution in [2.75, 3.05) is 18.6 Å². The van der Waals surface area contributed by atoms with Crippen molar-refractivity contribution in [1.82, 2.24) is 20.3 Å². The van der Waals surface area contributed by atoms with Gasteiger partial charge in [0.2, 0.25) is 5.91 Å². The van der Waals surface area contributed by atoms with E-state index in [9.17, 15) is 9.59 Å². The highest BCUT2D eigenvalue weighted by molar-refractivity contribution is 5.94. The third-order valence-electron chi connectivity index (χ3n) is 10.2. The van der Waals surface area contributed by atoms with E-state index in [-0.39, 0.29) is 30.1 Å². The van der Waals surface area contributed by atoms with Crippen LogP contribution in [0.4, 0.5) is 10.6 Å². The zero-order valence-corrected chi connectivity index (χ0v) is 27.0. The van der Waals surface area contributed by atoms with Gasteiger partial charge in [-0.3, -0.25) is 14.7 Å². The van der Waals surface area contributed by atoms with Crippen molar-refractivity contribution in [3.63, 3.8) is 0 Å². The van der Waals surface area contributed by atoms with Gasteiger partial charge in [-0.25, -0.2) is 14.8 Å². The number of carbonyl (C=O) groups is 2. The molecule has 3 aromatic heterocycles. The number of rotatable bonds is 10. The molecule has 2 amide bonds. The number of anilines is 1. The second kappa shape index (κ2) is 13.4. The first-order valence-electron chi connectivity index (χ1n) is 17.2. The molecule has 3 aromatic rings. The normalized spacial score (nSPS) is 24.7. The maximum absolute atomic E-state index is 14.3. The molecule has 4 saturated carbocycles. The van der Waals surface area contributed by atoms with Crippen LogP contribution in [-0.2, 0) is 9.53 Å². The van der Waals surface area contributed by atoms with Gasteiger partial charge < -0.3 is 19.2 Å². The van der Waals surface area contributed by atoms with Crippen LogP contribution < -0.4 is 15.0 Å². The van der Waals surface area contributed by atoms with Crippen molar-refractivity contribution < 1.29 is 23.5 Å². The van der Waals surface area contributed by atoms with Gasteiger partial charge in [0.05, 0.1) is 12.8 Å². The monoisotopic (exact) mass is 627 g/mol. The van der Waals surface area contributed by atoms with Crippen LogP contribution in [0.1, 0.15) is 106 Å². The topological polar surface area (TPSA) is 120 Å². The molecule has 0 aliphatic heterocycles. The summed E-state index contributed by atoms with van der Waals surface area (Å²) in [6, 6.07) is 8.30. The molecule has 0 radical (unpaired) electrons. The number of nitrogens with zero attached hydrogens (tertiary/aromatic N) is 4. The van der Waals surface area contributed by atoms with Crippen molar-refractivity contribution >= 4 is 17.8 Å². The number of aromatic nitrogens is 3. The third-order valence-corrected chi connectivity index (χ3v) is 10.2. The van der Waals surface area contributed by atoms with E-state index in [1.165, 1.54) is 0 Å².